The van der Waals surface area contributed by atoms with Crippen LogP contribution in [0, 0.1) is 0 Å². The molecule has 1 N–H and O–H groups in total. The highest BCUT2D eigenvalue weighted by Gasteiger charge is 2.60. The van der Waals surface area contributed by atoms with Crippen LogP contribution in [0.2, 0.25) is 0 Å². The minimum Gasteiger partial charge on any atom is -0.503 e. The van der Waals surface area contributed by atoms with E-state index in [-0.39, 0.29) is 12.2 Å². The number of fused-ring (bicyclic) bond motifs is 1. The van der Waals surface area contributed by atoms with E-state index < -0.39 is 23.6 Å². The molecule has 2 atom stereocenters. The van der Waals surface area contributed by atoms with Crippen molar-refractivity contribution in [3.8, 4) is 11.5 Å². The molecule has 0 aromatic heterocycles. The molecule has 0 bridgehead atoms. The van der Waals surface area contributed by atoms with Crippen molar-refractivity contribution in [1.82, 2.24) is 0 Å². The van der Waals surface area contributed by atoms with E-state index in [0.717, 1.165) is 11.1 Å². The molecule has 172 valence electrons. The van der Waals surface area contributed by atoms with Gasteiger partial charge in [-0.15, -0.1) is 0 Å². The topological polar surface area (TPSA) is 83.5 Å². The normalized spacial score (nSPS) is 24.6. The van der Waals surface area contributed by atoms with Crippen LogP contribution in [0.3, 0.4) is 0 Å². The Kier molecular flexibility index (Phi) is 6.81. The smallest absolute Gasteiger partial charge is 0.339 e. The second-order valence-electron chi connectivity index (χ2n) is 8.49. The van der Waals surface area contributed by atoms with Gasteiger partial charge in [0.1, 0.15) is 5.60 Å². The Morgan fingerprint density at radius 1 is 1.19 bits per heavy atom. The van der Waals surface area contributed by atoms with Gasteiger partial charge in [-0.1, -0.05) is 29.9 Å². The van der Waals surface area contributed by atoms with Crippen molar-refractivity contribution in [1.29, 1.82) is 0 Å². The number of aliphatic carboxylic acids is 1. The summed E-state index contributed by atoms with van der Waals surface area (Å²) in [6.45, 7) is 9.73. The van der Waals surface area contributed by atoms with Crippen molar-refractivity contribution in [2.75, 3.05) is 13.7 Å². The Morgan fingerprint density at radius 3 is 2.59 bits per heavy atom. The van der Waals surface area contributed by atoms with Crippen LogP contribution in [0.25, 0.3) is 6.08 Å². The lowest BCUT2D eigenvalue weighted by molar-refractivity contribution is -0.216. The van der Waals surface area contributed by atoms with Gasteiger partial charge in [0.15, 0.2) is 24.4 Å². The van der Waals surface area contributed by atoms with E-state index in [1.165, 1.54) is 13.4 Å². The molecular weight excluding hydrogens is 412 g/mol. The lowest BCUT2D eigenvalue weighted by Crippen LogP contribution is -2.58. The number of hydrogen-bond acceptors (Lipinski definition) is 6. The van der Waals surface area contributed by atoms with Crippen molar-refractivity contribution in [3.63, 3.8) is 0 Å². The predicted molar refractivity (Wildman–Crippen MR) is 120 cm³/mol. The summed E-state index contributed by atoms with van der Waals surface area (Å²) in [7, 11) is 1.41. The Balaban J connectivity index is 1.81. The fraction of sp³-hybridized carbons (Fsp3) is 0.400. The van der Waals surface area contributed by atoms with Crippen molar-refractivity contribution in [2.24, 2.45) is 0 Å². The molecule has 1 fully saturated rings. The average Bonchev–Trinajstić information content (AvgIpc) is 2.93. The highest BCUT2D eigenvalue weighted by Crippen LogP contribution is 2.46. The third-order valence-corrected chi connectivity index (χ3v) is 5.29. The number of carbonyl (C=O) groups is 1. The van der Waals surface area contributed by atoms with Gasteiger partial charge in [0.2, 0.25) is 0 Å². The van der Waals surface area contributed by atoms with Gasteiger partial charge in [-0.05, 0) is 64.0 Å². The summed E-state index contributed by atoms with van der Waals surface area (Å²) in [4.78, 5) is 11.3. The zero-order chi connectivity index (χ0) is 23.5. The fourth-order valence-corrected chi connectivity index (χ4v) is 3.46. The van der Waals surface area contributed by atoms with Gasteiger partial charge in [0.25, 0.3) is 5.79 Å². The molecule has 0 aliphatic carbocycles. The summed E-state index contributed by atoms with van der Waals surface area (Å²) >= 11 is 0. The number of ether oxygens (including phenoxy) is 5. The van der Waals surface area contributed by atoms with Crippen LogP contribution >= 0.6 is 0 Å². The van der Waals surface area contributed by atoms with Gasteiger partial charge in [-0.25, -0.2) is 4.79 Å². The van der Waals surface area contributed by atoms with Gasteiger partial charge >= 0.3 is 5.97 Å². The second kappa shape index (κ2) is 9.22. The molecule has 2 unspecified atom stereocenters. The van der Waals surface area contributed by atoms with Crippen LogP contribution in [0.1, 0.15) is 40.2 Å². The standard InChI is InChI=1S/C25H30O7/c1-16(2)12-22-31-24(4,5)25(32-22)15-29-20-11-10-18(13-21(20)30-25)9-7-8-17(3)19(14-28-6)23(26)27/h7-14,22H,15H2,1-6H3,(H,26,27)/b9-7+,17-8-,19-14-. The molecule has 32 heavy (non-hydrogen) atoms. The number of carboxylic acids is 1. The molecule has 2 aliphatic rings. The first kappa shape index (κ1) is 23.6. The first-order valence-corrected chi connectivity index (χ1v) is 10.3. The minimum absolute atomic E-state index is 0.0906. The van der Waals surface area contributed by atoms with E-state index in [9.17, 15) is 9.90 Å². The zero-order valence-corrected chi connectivity index (χ0v) is 19.3. The summed E-state index contributed by atoms with van der Waals surface area (Å²) in [6.07, 6.45) is 7.93. The molecule has 1 spiro atoms. The Morgan fingerprint density at radius 2 is 1.94 bits per heavy atom. The van der Waals surface area contributed by atoms with E-state index in [4.69, 9.17) is 23.7 Å². The maximum atomic E-state index is 11.3. The molecule has 2 aliphatic heterocycles. The first-order chi connectivity index (χ1) is 15.1. The van der Waals surface area contributed by atoms with Crippen molar-refractivity contribution in [3.05, 3.63) is 65.0 Å². The highest BCUT2D eigenvalue weighted by atomic mass is 16.8. The summed E-state index contributed by atoms with van der Waals surface area (Å²) in [5.74, 6) is -0.942. The van der Waals surface area contributed by atoms with Gasteiger partial charge in [0, 0.05) is 0 Å². The van der Waals surface area contributed by atoms with E-state index in [1.54, 1.807) is 19.1 Å². The lowest BCUT2D eigenvalue weighted by atomic mass is 9.97. The highest BCUT2D eigenvalue weighted by molar-refractivity contribution is 5.91. The number of carboxylic acid groups (broad SMARTS) is 1. The van der Waals surface area contributed by atoms with Crippen LogP contribution in [0.5, 0.6) is 11.5 Å². The number of benzene rings is 1. The van der Waals surface area contributed by atoms with E-state index in [1.807, 2.05) is 58.0 Å². The maximum Gasteiger partial charge on any atom is 0.339 e. The molecule has 1 saturated heterocycles. The molecule has 1 aromatic carbocycles. The molecule has 0 amide bonds. The van der Waals surface area contributed by atoms with Crippen molar-refractivity contribution in [2.45, 2.75) is 52.3 Å². The predicted octanol–water partition coefficient (Wildman–Crippen LogP) is 4.85. The third-order valence-electron chi connectivity index (χ3n) is 5.29. The monoisotopic (exact) mass is 442 g/mol. The van der Waals surface area contributed by atoms with Gasteiger partial charge in [-0.3, -0.25) is 0 Å². The summed E-state index contributed by atoms with van der Waals surface area (Å²) in [5, 5.41) is 9.26. The van der Waals surface area contributed by atoms with Crippen LogP contribution in [-0.2, 0) is 19.0 Å². The molecule has 0 radical (unpaired) electrons. The number of allylic oxidation sites excluding steroid dienone is 3. The first-order valence-electron chi connectivity index (χ1n) is 10.3. The van der Waals surface area contributed by atoms with Gasteiger partial charge < -0.3 is 28.8 Å². The Bertz CT molecular complexity index is 996. The van der Waals surface area contributed by atoms with E-state index in [0.29, 0.717) is 17.1 Å². The number of methoxy groups -OCH3 is 1. The van der Waals surface area contributed by atoms with Crippen LogP contribution in [0.15, 0.2) is 59.4 Å². The van der Waals surface area contributed by atoms with E-state index in [2.05, 4.69) is 0 Å². The van der Waals surface area contributed by atoms with E-state index >= 15 is 0 Å². The molecule has 3 rings (SSSR count). The maximum absolute atomic E-state index is 11.3. The summed E-state index contributed by atoms with van der Waals surface area (Å²) < 4.78 is 29.3. The Labute approximate surface area is 188 Å². The molecular formula is C25H30O7. The number of rotatable bonds is 6. The lowest BCUT2D eigenvalue weighted by Gasteiger charge is -2.40. The zero-order valence-electron chi connectivity index (χ0n) is 19.3. The molecule has 1 aromatic rings. The third kappa shape index (κ3) is 4.89. The SMILES string of the molecule is CO/C=C(C(=O)O)/C(C)=C\C=C\c1ccc2c(c1)OC1(CO2)OC(C=C(C)C)OC1(C)C. The Hall–Kier alpha value is -3.03. The van der Waals surface area contributed by atoms with Crippen LogP contribution in [-0.4, -0.2) is 42.5 Å². The molecule has 2 heterocycles. The fourth-order valence-electron chi connectivity index (χ4n) is 3.46. The van der Waals surface area contributed by atoms with Gasteiger partial charge in [0.05, 0.1) is 18.9 Å². The minimum atomic E-state index is -1.07. The molecule has 0 saturated carbocycles. The number of hydrogen-bond donors (Lipinski definition) is 1. The van der Waals surface area contributed by atoms with Crippen LogP contribution in [0.4, 0.5) is 0 Å². The van der Waals surface area contributed by atoms with Gasteiger partial charge in [-0.2, -0.15) is 0 Å². The van der Waals surface area contributed by atoms with Crippen LogP contribution < -0.4 is 9.47 Å². The van der Waals surface area contributed by atoms with Crippen molar-refractivity contribution >= 4 is 12.0 Å². The molecule has 7 nitrogen and oxygen atoms in total. The summed E-state index contributed by atoms with van der Waals surface area (Å²) in [6, 6.07) is 5.58. The molecule has 7 heteroatoms. The largest absolute Gasteiger partial charge is 0.503 e. The quantitative estimate of drug-likeness (QED) is 0.292. The second-order valence-corrected chi connectivity index (χ2v) is 8.49. The van der Waals surface area contributed by atoms with Crippen molar-refractivity contribution < 1.29 is 33.6 Å². The summed E-state index contributed by atoms with van der Waals surface area (Å²) in [5.41, 5.74) is 1.87. The average molecular weight is 443 g/mol.